The largest absolute Gasteiger partial charge is 0.355 e. The zero-order valence-electron chi connectivity index (χ0n) is 14.8. The van der Waals surface area contributed by atoms with Crippen molar-refractivity contribution in [3.63, 3.8) is 0 Å². The Morgan fingerprint density at radius 3 is 2.54 bits per heavy atom. The molecular formula is C20H22ClN3O2. The maximum atomic E-state index is 12.7. The molecule has 1 heterocycles. The lowest BCUT2D eigenvalue weighted by molar-refractivity contribution is 0.0963. The molecule has 5 nitrogen and oxygen atoms in total. The van der Waals surface area contributed by atoms with E-state index in [0.717, 1.165) is 6.42 Å². The second kappa shape index (κ2) is 7.79. The number of anilines is 1. The molecule has 6 heteroatoms. The number of carbonyl (C=O) groups is 2. The summed E-state index contributed by atoms with van der Waals surface area (Å²) >= 11 is 6.15. The van der Waals surface area contributed by atoms with Gasteiger partial charge in [0.15, 0.2) is 0 Å². The van der Waals surface area contributed by atoms with Gasteiger partial charge >= 0.3 is 6.03 Å². The van der Waals surface area contributed by atoms with Gasteiger partial charge in [0.25, 0.3) is 5.91 Å². The molecule has 0 spiro atoms. The summed E-state index contributed by atoms with van der Waals surface area (Å²) in [5.74, 6) is 0.0768. The van der Waals surface area contributed by atoms with Crippen molar-refractivity contribution in [1.82, 2.24) is 10.2 Å². The average molecular weight is 372 g/mol. The molecule has 2 unspecified atom stereocenters. The Kier molecular flexibility index (Phi) is 5.47. The lowest BCUT2D eigenvalue weighted by Gasteiger charge is -2.25. The van der Waals surface area contributed by atoms with Crippen molar-refractivity contribution in [1.29, 1.82) is 0 Å². The van der Waals surface area contributed by atoms with Crippen molar-refractivity contribution in [3.8, 4) is 0 Å². The van der Waals surface area contributed by atoms with Crippen LogP contribution in [-0.4, -0.2) is 36.5 Å². The minimum absolute atomic E-state index is 0.109. The van der Waals surface area contributed by atoms with Gasteiger partial charge < -0.3 is 15.5 Å². The maximum Gasteiger partial charge on any atom is 0.322 e. The molecule has 0 aliphatic carbocycles. The Morgan fingerprint density at radius 2 is 1.88 bits per heavy atom. The molecule has 0 aromatic heterocycles. The Hall–Kier alpha value is -2.53. The Morgan fingerprint density at radius 1 is 1.15 bits per heavy atom. The fourth-order valence-electron chi connectivity index (χ4n) is 3.48. The predicted octanol–water partition coefficient (Wildman–Crippen LogP) is 4.11. The minimum Gasteiger partial charge on any atom is -0.355 e. The van der Waals surface area contributed by atoms with Gasteiger partial charge in [-0.1, -0.05) is 41.9 Å². The summed E-state index contributed by atoms with van der Waals surface area (Å²) < 4.78 is 0. The van der Waals surface area contributed by atoms with Crippen molar-refractivity contribution in [3.05, 3.63) is 64.7 Å². The van der Waals surface area contributed by atoms with E-state index in [2.05, 4.69) is 29.7 Å². The molecule has 1 saturated heterocycles. The number of halogens is 1. The highest BCUT2D eigenvalue weighted by Gasteiger charge is 2.34. The second-order valence-electron chi connectivity index (χ2n) is 6.44. The van der Waals surface area contributed by atoms with Crippen LogP contribution >= 0.6 is 11.6 Å². The van der Waals surface area contributed by atoms with Crippen molar-refractivity contribution in [2.75, 3.05) is 18.9 Å². The molecule has 2 N–H and O–H groups in total. The highest BCUT2D eigenvalue weighted by atomic mass is 35.5. The number of urea groups is 1. The van der Waals surface area contributed by atoms with E-state index >= 15 is 0 Å². The van der Waals surface area contributed by atoms with Gasteiger partial charge in [0, 0.05) is 31.2 Å². The molecule has 1 fully saturated rings. The number of nitrogens with one attached hydrogen (secondary N) is 2. The average Bonchev–Trinajstić information content (AvgIpc) is 3.03. The van der Waals surface area contributed by atoms with Crippen molar-refractivity contribution in [2.24, 2.45) is 0 Å². The van der Waals surface area contributed by atoms with Crippen LogP contribution in [0.2, 0.25) is 5.02 Å². The molecule has 3 amide bonds. The van der Waals surface area contributed by atoms with Crippen molar-refractivity contribution >= 4 is 29.2 Å². The molecule has 1 aliphatic heterocycles. The van der Waals surface area contributed by atoms with Crippen LogP contribution in [0, 0.1) is 0 Å². The van der Waals surface area contributed by atoms with Crippen molar-refractivity contribution < 1.29 is 9.59 Å². The maximum absolute atomic E-state index is 12.7. The Labute approximate surface area is 158 Å². The predicted molar refractivity (Wildman–Crippen MR) is 104 cm³/mol. The summed E-state index contributed by atoms with van der Waals surface area (Å²) in [6, 6.07) is 15.1. The monoisotopic (exact) mass is 371 g/mol. The number of rotatable bonds is 3. The molecule has 1 aliphatic rings. The molecule has 26 heavy (non-hydrogen) atoms. The zero-order valence-corrected chi connectivity index (χ0v) is 15.6. The van der Waals surface area contributed by atoms with Crippen LogP contribution in [0.5, 0.6) is 0 Å². The molecule has 136 valence electrons. The van der Waals surface area contributed by atoms with E-state index in [4.69, 9.17) is 11.6 Å². The first kappa shape index (κ1) is 18.3. The number of hydrogen-bond acceptors (Lipinski definition) is 2. The van der Waals surface area contributed by atoms with Crippen LogP contribution in [-0.2, 0) is 0 Å². The fourth-order valence-corrected chi connectivity index (χ4v) is 3.75. The molecule has 3 rings (SSSR count). The summed E-state index contributed by atoms with van der Waals surface area (Å²) in [7, 11) is 1.55. The smallest absolute Gasteiger partial charge is 0.322 e. The van der Waals surface area contributed by atoms with Crippen LogP contribution in [0.1, 0.15) is 35.2 Å². The number of nitrogens with zero attached hydrogens (tertiary/aromatic N) is 1. The van der Waals surface area contributed by atoms with E-state index in [9.17, 15) is 9.59 Å². The van der Waals surface area contributed by atoms with E-state index in [1.54, 1.807) is 25.2 Å². The third-order valence-corrected chi connectivity index (χ3v) is 5.25. The number of amides is 3. The highest BCUT2D eigenvalue weighted by Crippen LogP contribution is 2.33. The van der Waals surface area contributed by atoms with Gasteiger partial charge in [-0.3, -0.25) is 4.79 Å². The van der Waals surface area contributed by atoms with Crippen LogP contribution in [0.15, 0.2) is 48.5 Å². The second-order valence-corrected chi connectivity index (χ2v) is 6.85. The van der Waals surface area contributed by atoms with Gasteiger partial charge in [0.05, 0.1) is 10.6 Å². The SMILES string of the molecule is CNC(=O)c1ccc(NC(=O)N2CCC(c3ccccc3)C2C)cc1Cl. The third-order valence-electron chi connectivity index (χ3n) is 4.94. The molecule has 2 atom stereocenters. The van der Waals surface area contributed by atoms with Crippen LogP contribution < -0.4 is 10.6 Å². The molecule has 0 radical (unpaired) electrons. The summed E-state index contributed by atoms with van der Waals surface area (Å²) in [6.07, 6.45) is 0.939. The molecular weight excluding hydrogens is 350 g/mol. The van der Waals surface area contributed by atoms with Gasteiger partial charge in [0.1, 0.15) is 0 Å². The molecule has 2 aromatic carbocycles. The first-order valence-electron chi connectivity index (χ1n) is 8.65. The number of hydrogen-bond donors (Lipinski definition) is 2. The van der Waals surface area contributed by atoms with E-state index in [1.165, 1.54) is 5.56 Å². The van der Waals surface area contributed by atoms with E-state index in [0.29, 0.717) is 28.7 Å². The quantitative estimate of drug-likeness (QED) is 0.852. The summed E-state index contributed by atoms with van der Waals surface area (Å²) in [4.78, 5) is 26.2. The Balaban J connectivity index is 1.69. The zero-order chi connectivity index (χ0) is 18.7. The van der Waals surface area contributed by atoms with Crippen LogP contribution in [0.3, 0.4) is 0 Å². The van der Waals surface area contributed by atoms with Gasteiger partial charge in [0.2, 0.25) is 0 Å². The van der Waals surface area contributed by atoms with Gasteiger partial charge in [-0.15, -0.1) is 0 Å². The number of benzene rings is 2. The van der Waals surface area contributed by atoms with E-state index in [-0.39, 0.29) is 18.0 Å². The summed E-state index contributed by atoms with van der Waals surface area (Å²) in [5.41, 5.74) is 2.21. The van der Waals surface area contributed by atoms with Crippen LogP contribution in [0.25, 0.3) is 0 Å². The fraction of sp³-hybridized carbons (Fsp3) is 0.300. The summed E-state index contributed by atoms with van der Waals surface area (Å²) in [5, 5.41) is 5.72. The third kappa shape index (κ3) is 3.68. The van der Waals surface area contributed by atoms with E-state index < -0.39 is 0 Å². The van der Waals surface area contributed by atoms with Crippen molar-refractivity contribution in [2.45, 2.75) is 25.3 Å². The number of carbonyl (C=O) groups excluding carboxylic acids is 2. The lowest BCUT2D eigenvalue weighted by Crippen LogP contribution is -2.38. The normalized spacial score (nSPS) is 19.3. The first-order valence-corrected chi connectivity index (χ1v) is 9.03. The highest BCUT2D eigenvalue weighted by molar-refractivity contribution is 6.34. The lowest BCUT2D eigenvalue weighted by atomic mass is 9.93. The molecule has 0 bridgehead atoms. The topological polar surface area (TPSA) is 61.4 Å². The van der Waals surface area contributed by atoms with Gasteiger partial charge in [-0.05, 0) is 37.1 Å². The van der Waals surface area contributed by atoms with Gasteiger partial charge in [-0.2, -0.15) is 0 Å². The van der Waals surface area contributed by atoms with Crippen LogP contribution in [0.4, 0.5) is 10.5 Å². The van der Waals surface area contributed by atoms with E-state index in [1.807, 2.05) is 23.1 Å². The summed E-state index contributed by atoms with van der Waals surface area (Å²) in [6.45, 7) is 2.78. The standard InChI is InChI=1S/C20H22ClN3O2/c1-13-16(14-6-4-3-5-7-14)10-11-24(13)20(26)23-15-8-9-17(18(21)12-15)19(25)22-2/h3-9,12-13,16H,10-11H2,1-2H3,(H,22,25)(H,23,26). The number of likely N-dealkylation sites (tertiary alicyclic amines) is 1. The Bertz CT molecular complexity index is 810. The minimum atomic E-state index is -0.258. The molecule has 0 saturated carbocycles. The molecule has 2 aromatic rings. The first-order chi connectivity index (χ1) is 12.5. The van der Waals surface area contributed by atoms with Gasteiger partial charge in [-0.25, -0.2) is 4.79 Å².